The molecule has 2 aromatic heterocycles. The molecule has 0 aliphatic heterocycles. The molecule has 12 rings (SSSR count). The second-order valence-corrected chi connectivity index (χ2v) is 23.1. The molecule has 4 aromatic rings. The van der Waals surface area contributed by atoms with Gasteiger partial charge in [-0.25, -0.2) is 0 Å². The van der Waals surface area contributed by atoms with Gasteiger partial charge in [0.1, 0.15) is 5.75 Å². The first-order valence-electron chi connectivity index (χ1n) is 24.5. The molecule has 12 atom stereocenters. The van der Waals surface area contributed by atoms with E-state index >= 15 is 0 Å². The highest BCUT2D eigenvalue weighted by atomic mass is 127. The molecule has 335 valence electrons. The van der Waals surface area contributed by atoms with E-state index in [9.17, 15) is 10.2 Å². The first-order chi connectivity index (χ1) is 30.8. The second-order valence-electron chi connectivity index (χ2n) is 21.9. The normalized spacial score (nSPS) is 38.1. The molecule has 8 aliphatic rings. The van der Waals surface area contributed by atoms with Crippen molar-refractivity contribution in [1.82, 2.24) is 9.97 Å². The number of allylic oxidation sites excluding steroid dienone is 6. The Morgan fingerprint density at radius 3 is 1.72 bits per heavy atom. The summed E-state index contributed by atoms with van der Waals surface area (Å²) in [6, 6.07) is 16.5. The van der Waals surface area contributed by atoms with Crippen molar-refractivity contribution in [3.63, 3.8) is 0 Å². The molecule has 0 spiro atoms. The van der Waals surface area contributed by atoms with Crippen molar-refractivity contribution in [2.75, 3.05) is 0 Å². The molecule has 0 unspecified atom stereocenters. The molecule has 1 radical (unpaired) electrons. The lowest BCUT2D eigenvalue weighted by atomic mass is 9.47. The number of pyridine rings is 2. The van der Waals surface area contributed by atoms with E-state index in [1.807, 2.05) is 30.6 Å². The van der Waals surface area contributed by atoms with E-state index in [1.54, 1.807) is 38.8 Å². The Balaban J connectivity index is 0.000000124. The number of fused-ring (bicyclic) bond motifs is 12. The number of aromatic nitrogens is 2. The minimum atomic E-state index is -0.114. The molecule has 0 amide bonds. The van der Waals surface area contributed by atoms with Crippen LogP contribution in [-0.4, -0.2) is 45.1 Å². The van der Waals surface area contributed by atoms with Gasteiger partial charge in [-0.15, -0.1) is 0 Å². The van der Waals surface area contributed by atoms with Crippen molar-refractivity contribution in [3.8, 4) is 5.75 Å². The van der Waals surface area contributed by atoms with E-state index in [-0.39, 0.29) is 17.6 Å². The number of aliphatic hydroxyl groups is 2. The summed E-state index contributed by atoms with van der Waals surface area (Å²) >= 11 is 2.60. The number of benzene rings is 2. The van der Waals surface area contributed by atoms with Gasteiger partial charge in [0.25, 0.3) is 0 Å². The van der Waals surface area contributed by atoms with Crippen LogP contribution in [0.2, 0.25) is 0 Å². The number of rotatable bonds is 3. The zero-order chi connectivity index (χ0) is 44.4. The third-order valence-electron chi connectivity index (χ3n) is 19.0. The SMILES string of the molecule is C[C@]12CC[C@H](O)CC1=CC[C@@H]1[C@@H]2CC[C@]2(C)C(I)=CC[C@@H]12.C[C@]12CC[C@H](O)CC1=CC[C@@H]1[C@@H]2CC[C@]2(C)C(c3ccc4ccncc4c3)=CC[C@@H]12.O[B]Oc1ccc2ccncc2c1. The van der Waals surface area contributed by atoms with Gasteiger partial charge < -0.3 is 19.9 Å². The zero-order valence-corrected chi connectivity index (χ0v) is 40.5. The maximum Gasteiger partial charge on any atom is 0.569 e. The third-order valence-corrected chi connectivity index (χ3v) is 20.6. The topological polar surface area (TPSA) is 95.7 Å². The van der Waals surface area contributed by atoms with Crippen molar-refractivity contribution in [1.29, 1.82) is 0 Å². The van der Waals surface area contributed by atoms with Gasteiger partial charge in [0.15, 0.2) is 0 Å². The number of hydrogen-bond acceptors (Lipinski definition) is 6. The van der Waals surface area contributed by atoms with E-state index < -0.39 is 0 Å². The van der Waals surface area contributed by atoms with Crippen LogP contribution >= 0.6 is 22.6 Å². The number of aliphatic hydroxyl groups excluding tert-OH is 2. The fourth-order valence-electron chi connectivity index (χ4n) is 15.3. The molecule has 64 heavy (non-hydrogen) atoms. The largest absolute Gasteiger partial charge is 0.569 e. The Morgan fingerprint density at radius 2 is 1.11 bits per heavy atom. The van der Waals surface area contributed by atoms with Crippen LogP contribution in [0.1, 0.15) is 123 Å². The standard InChI is InChI=1S/C28H33NO.C19H27IO.C9H7BNO2/c1-27-12-9-22(30)16-21(27)5-6-23-25-8-7-24(28(25,2)13-10-26(23)27)19-4-3-18-11-14-29-17-20(18)15-19;1-18-9-7-13(21)11-12(18)3-4-14-15-5-6-17(20)19(15,2)10-8-16(14)18;12-10-13-9-2-1-7-3-4-11-6-8(7)5-9/h3-5,7,11,14-15,17,22-23,25-26,30H,6,8-10,12-13,16H2,1-2H3;3,6,13-16,21H,4-5,7-11H2,1-2H3;1-6,12H/t22-,23-,25-,26-,27-,28+;13-,14-,15-,16-,18-,19-;/m00./s1. The average molecular weight is 970 g/mol. The molecule has 4 fully saturated rings. The molecular formula is C56H67BIN2O4. The minimum Gasteiger partial charge on any atom is -0.537 e. The number of hydrogen-bond donors (Lipinski definition) is 3. The van der Waals surface area contributed by atoms with Gasteiger partial charge in [-0.3, -0.25) is 9.97 Å². The second kappa shape index (κ2) is 17.4. The smallest absolute Gasteiger partial charge is 0.537 e. The van der Waals surface area contributed by atoms with Gasteiger partial charge in [0, 0.05) is 41.0 Å². The maximum absolute atomic E-state index is 10.2. The maximum atomic E-state index is 10.2. The molecule has 0 bridgehead atoms. The fraction of sp³-hybridized carbons (Fsp3) is 0.536. The Morgan fingerprint density at radius 1 is 0.578 bits per heavy atom. The summed E-state index contributed by atoms with van der Waals surface area (Å²) in [5.74, 6) is 5.51. The Kier molecular flexibility index (Phi) is 12.1. The molecule has 2 aromatic carbocycles. The number of nitrogens with zero attached hydrogens (tertiary/aromatic N) is 2. The van der Waals surface area contributed by atoms with Crippen LogP contribution in [0.25, 0.3) is 27.1 Å². The lowest BCUT2D eigenvalue weighted by Crippen LogP contribution is -2.49. The molecule has 8 heteroatoms. The highest BCUT2D eigenvalue weighted by Gasteiger charge is 2.58. The van der Waals surface area contributed by atoms with Crippen molar-refractivity contribution < 1.29 is 19.9 Å². The van der Waals surface area contributed by atoms with Crippen LogP contribution < -0.4 is 4.65 Å². The van der Waals surface area contributed by atoms with Crippen LogP contribution in [0.15, 0.2) is 112 Å². The van der Waals surface area contributed by atoms with Crippen LogP contribution in [0.5, 0.6) is 5.75 Å². The summed E-state index contributed by atoms with van der Waals surface area (Å²) in [4.78, 5) is 8.33. The zero-order valence-electron chi connectivity index (χ0n) is 38.4. The lowest BCUT2D eigenvalue weighted by Gasteiger charge is -2.57. The Hall–Kier alpha value is -3.31. The summed E-state index contributed by atoms with van der Waals surface area (Å²) in [5.41, 5.74) is 7.60. The quantitative estimate of drug-likeness (QED) is 0.108. The summed E-state index contributed by atoms with van der Waals surface area (Å²) < 4.78 is 6.44. The van der Waals surface area contributed by atoms with Gasteiger partial charge in [-0.2, -0.15) is 0 Å². The van der Waals surface area contributed by atoms with Crippen LogP contribution in [0.3, 0.4) is 0 Å². The van der Waals surface area contributed by atoms with Gasteiger partial charge in [-0.1, -0.05) is 81.3 Å². The predicted octanol–water partition coefficient (Wildman–Crippen LogP) is 12.9. The van der Waals surface area contributed by atoms with Crippen LogP contribution in [0.4, 0.5) is 0 Å². The van der Waals surface area contributed by atoms with Crippen molar-refractivity contribution in [2.24, 2.45) is 57.2 Å². The number of halogens is 1. The highest BCUT2D eigenvalue weighted by molar-refractivity contribution is 14.1. The van der Waals surface area contributed by atoms with Gasteiger partial charge in [0.05, 0.1) is 12.2 Å². The molecule has 3 N–H and O–H groups in total. The monoisotopic (exact) mass is 969 g/mol. The van der Waals surface area contributed by atoms with E-state index in [0.717, 1.165) is 72.0 Å². The van der Waals surface area contributed by atoms with E-state index in [0.29, 0.717) is 29.7 Å². The third kappa shape index (κ3) is 7.66. The Labute approximate surface area is 395 Å². The van der Waals surface area contributed by atoms with Gasteiger partial charge in [-0.05, 0) is 220 Å². The minimum absolute atomic E-state index is 0.0798. The Bertz CT molecular complexity index is 2540. The first-order valence-corrected chi connectivity index (χ1v) is 25.5. The van der Waals surface area contributed by atoms with Gasteiger partial charge in [0.2, 0.25) is 0 Å². The van der Waals surface area contributed by atoms with E-state index in [1.165, 1.54) is 80.5 Å². The van der Waals surface area contributed by atoms with Gasteiger partial charge >= 0.3 is 7.69 Å². The molecule has 6 nitrogen and oxygen atoms in total. The summed E-state index contributed by atoms with van der Waals surface area (Å²) in [7, 11) is 0.664. The summed E-state index contributed by atoms with van der Waals surface area (Å²) in [6.45, 7) is 10.1. The molecule has 4 saturated carbocycles. The summed E-state index contributed by atoms with van der Waals surface area (Å²) in [5, 5.41) is 33.3. The van der Waals surface area contributed by atoms with E-state index in [2.05, 4.69) is 109 Å². The van der Waals surface area contributed by atoms with Crippen molar-refractivity contribution in [2.45, 2.75) is 130 Å². The van der Waals surface area contributed by atoms with Crippen LogP contribution in [0, 0.1) is 57.2 Å². The van der Waals surface area contributed by atoms with Crippen molar-refractivity contribution >= 4 is 57.4 Å². The average Bonchev–Trinajstić information content (AvgIpc) is 3.82. The molecule has 2 heterocycles. The highest BCUT2D eigenvalue weighted by Crippen LogP contribution is 2.67. The fourth-order valence-corrected chi connectivity index (χ4v) is 16.2. The first kappa shape index (κ1) is 44.5. The molecular weight excluding hydrogens is 902 g/mol. The summed E-state index contributed by atoms with van der Waals surface area (Å²) in [6.07, 6.45) is 33.9. The lowest BCUT2D eigenvalue weighted by molar-refractivity contribution is -0.0268. The molecule has 8 aliphatic carbocycles. The van der Waals surface area contributed by atoms with Crippen LogP contribution in [-0.2, 0) is 0 Å². The predicted molar refractivity (Wildman–Crippen MR) is 268 cm³/mol. The van der Waals surface area contributed by atoms with Crippen molar-refractivity contribution in [3.05, 3.63) is 118 Å². The van der Waals surface area contributed by atoms with E-state index in [4.69, 9.17) is 9.68 Å². The molecule has 0 saturated heterocycles.